The van der Waals surface area contributed by atoms with E-state index in [2.05, 4.69) is 95.3 Å². The monoisotopic (exact) mass is 688 g/mol. The molecule has 0 saturated carbocycles. The van der Waals surface area contributed by atoms with Crippen LogP contribution >= 0.6 is 0 Å². The van der Waals surface area contributed by atoms with E-state index in [0.29, 0.717) is 0 Å². The van der Waals surface area contributed by atoms with Crippen molar-refractivity contribution in [1.82, 2.24) is 19.5 Å². The van der Waals surface area contributed by atoms with E-state index in [-0.39, 0.29) is 0 Å². The fourth-order valence-corrected chi connectivity index (χ4v) is 7.06. The molecule has 0 atom stereocenters. The summed E-state index contributed by atoms with van der Waals surface area (Å²) in [6.07, 6.45) is 11.2. The zero-order valence-corrected chi connectivity index (χ0v) is 30.1. The number of H-pyrrole nitrogens is 1. The van der Waals surface area contributed by atoms with Gasteiger partial charge in [-0.15, -0.1) is 0 Å². The molecule has 8 bridgehead atoms. The molecule has 3 aromatic rings. The molecule has 7 heteroatoms. The van der Waals surface area contributed by atoms with Crippen molar-refractivity contribution in [2.24, 2.45) is 0 Å². The van der Waals surface area contributed by atoms with Crippen molar-refractivity contribution < 1.29 is 6.89 Å². The van der Waals surface area contributed by atoms with Gasteiger partial charge in [0, 0.05) is 34.2 Å². The van der Waals surface area contributed by atoms with E-state index in [1.54, 1.807) is 0 Å². The van der Waals surface area contributed by atoms with Gasteiger partial charge in [-0.2, -0.15) is 0 Å². The van der Waals surface area contributed by atoms with Crippen LogP contribution in [0.1, 0.15) is 119 Å². The quantitative estimate of drug-likeness (QED) is 0.164. The van der Waals surface area contributed by atoms with E-state index in [9.17, 15) is 0 Å². The Balaban J connectivity index is 0.00000135. The van der Waals surface area contributed by atoms with Gasteiger partial charge in [0.15, 0.2) is 0 Å². The normalized spacial score (nSPS) is 12.6. The van der Waals surface area contributed by atoms with Crippen molar-refractivity contribution in [2.75, 3.05) is 0 Å². The molecular formula is C36H48N4O2Sn. The summed E-state index contributed by atoms with van der Waals surface area (Å²) in [7, 11) is 0. The SMILES string of the molecule is CCC1=C(CC)c2nc1c(CC)c1[nH]c(cc3nc(cc4c(CC)c(CC)c(c2CC)n4CC)C=C3)cc1CC.[OH][Sn][OH]. The summed E-state index contributed by atoms with van der Waals surface area (Å²) in [6.45, 7) is 19.2. The van der Waals surface area contributed by atoms with Crippen LogP contribution in [0, 0.1) is 0 Å². The predicted octanol–water partition coefficient (Wildman–Crippen LogP) is 8.03. The maximum atomic E-state index is 7.30. The Labute approximate surface area is 268 Å². The van der Waals surface area contributed by atoms with Crippen LogP contribution in [0.2, 0.25) is 0 Å². The molecule has 43 heavy (non-hydrogen) atoms. The van der Waals surface area contributed by atoms with Crippen LogP contribution in [-0.4, -0.2) is 48.4 Å². The first-order valence-electron chi connectivity index (χ1n) is 16.1. The first kappa shape index (κ1) is 33.2. The van der Waals surface area contributed by atoms with Gasteiger partial charge in [-0.3, -0.25) is 0 Å². The molecule has 2 radical (unpaired) electrons. The second-order valence-electron chi connectivity index (χ2n) is 10.9. The second kappa shape index (κ2) is 14.9. The molecule has 0 aromatic carbocycles. The maximum absolute atomic E-state index is 7.30. The summed E-state index contributed by atoms with van der Waals surface area (Å²) in [5.41, 5.74) is 19.3. The fourth-order valence-electron chi connectivity index (χ4n) is 7.06. The van der Waals surface area contributed by atoms with Crippen molar-refractivity contribution in [3.63, 3.8) is 0 Å². The molecule has 0 amide bonds. The standard InChI is InChI=1S/C36H46N4.2H2O.Sn/c1-9-22-19-25-20-23-17-18-24(37-23)21-32-26(10-2)29(13-5)36(40(32)16-8)31(15-7)35-28(12-4)27(11-3)34(39-35)30(14-6)33(22)38-25;;;/h17-21,38H,9-16H2,1-8H3;2*1H2;/q;;;+2/p-2. The van der Waals surface area contributed by atoms with Gasteiger partial charge in [0.05, 0.1) is 28.3 Å². The van der Waals surface area contributed by atoms with Gasteiger partial charge >= 0.3 is 28.9 Å². The van der Waals surface area contributed by atoms with E-state index in [4.69, 9.17) is 16.9 Å². The molecule has 2 aliphatic rings. The predicted molar refractivity (Wildman–Crippen MR) is 184 cm³/mol. The minimum atomic E-state index is -1.77. The van der Waals surface area contributed by atoms with E-state index in [0.717, 1.165) is 68.4 Å². The zero-order valence-electron chi connectivity index (χ0n) is 27.3. The number of aromatic nitrogens is 4. The summed E-state index contributed by atoms with van der Waals surface area (Å²) in [5, 5.41) is 0. The van der Waals surface area contributed by atoms with Crippen molar-refractivity contribution in [3.8, 4) is 0 Å². The minimum absolute atomic E-state index is 0.920. The van der Waals surface area contributed by atoms with Gasteiger partial charge in [0.1, 0.15) is 0 Å². The molecule has 0 fully saturated rings. The summed E-state index contributed by atoms with van der Waals surface area (Å²) < 4.78 is 17.1. The Morgan fingerprint density at radius 3 is 1.72 bits per heavy atom. The molecule has 0 aliphatic carbocycles. The molecule has 0 spiro atoms. The Morgan fingerprint density at radius 2 is 1.21 bits per heavy atom. The van der Waals surface area contributed by atoms with Crippen molar-refractivity contribution in [1.29, 1.82) is 0 Å². The third-order valence-electron chi connectivity index (χ3n) is 8.85. The number of allylic oxidation sites excluding steroid dienone is 2. The number of hydrogen-bond donors (Lipinski definition) is 3. The molecule has 0 saturated heterocycles. The molecule has 3 aromatic heterocycles. The Morgan fingerprint density at radius 1 is 0.651 bits per heavy atom. The average Bonchev–Trinajstić information content (AvgIpc) is 3.78. The fraction of sp³-hybridized carbons (Fsp3) is 0.444. The average molecular weight is 688 g/mol. The number of hydrogen-bond acceptors (Lipinski definition) is 4. The molecular weight excluding hydrogens is 639 g/mol. The van der Waals surface area contributed by atoms with Crippen molar-refractivity contribution >= 4 is 67.3 Å². The third-order valence-corrected chi connectivity index (χ3v) is 8.85. The molecule has 6 nitrogen and oxygen atoms in total. The van der Waals surface area contributed by atoms with Crippen LogP contribution in [0.15, 0.2) is 18.2 Å². The van der Waals surface area contributed by atoms with Crippen molar-refractivity contribution in [2.45, 2.75) is 107 Å². The summed E-state index contributed by atoms with van der Waals surface area (Å²) in [6, 6.07) is 6.80. The van der Waals surface area contributed by atoms with E-state index in [1.165, 1.54) is 66.9 Å². The van der Waals surface area contributed by atoms with E-state index >= 15 is 0 Å². The van der Waals surface area contributed by atoms with Gasteiger partial charge in [-0.25, -0.2) is 9.97 Å². The molecule has 3 N–H and O–H groups in total. The zero-order chi connectivity index (χ0) is 31.3. The molecule has 5 heterocycles. The van der Waals surface area contributed by atoms with E-state index < -0.39 is 22.0 Å². The van der Waals surface area contributed by atoms with Crippen LogP contribution < -0.4 is 0 Å². The molecule has 228 valence electrons. The first-order chi connectivity index (χ1) is 20.9. The van der Waals surface area contributed by atoms with Gasteiger partial charge in [0.2, 0.25) is 0 Å². The number of fused-ring (bicyclic) bond motifs is 8. The number of aromatic amines is 1. The van der Waals surface area contributed by atoms with E-state index in [1.807, 2.05) is 0 Å². The van der Waals surface area contributed by atoms with Crippen LogP contribution in [0.5, 0.6) is 0 Å². The molecule has 5 rings (SSSR count). The van der Waals surface area contributed by atoms with Gasteiger partial charge in [0.25, 0.3) is 0 Å². The van der Waals surface area contributed by atoms with Crippen LogP contribution in [0.25, 0.3) is 45.4 Å². The summed E-state index contributed by atoms with van der Waals surface area (Å²) >= 11 is -1.77. The number of nitrogens with one attached hydrogen (secondary N) is 1. The number of nitrogens with zero attached hydrogens (tertiary/aromatic N) is 3. The van der Waals surface area contributed by atoms with Crippen LogP contribution in [-0.2, 0) is 38.6 Å². The van der Waals surface area contributed by atoms with Gasteiger partial charge in [-0.05, 0) is 110 Å². The number of rotatable bonds is 8. The Hall–Kier alpha value is -2.68. The second-order valence-corrected chi connectivity index (χ2v) is 11.5. The van der Waals surface area contributed by atoms with Crippen molar-refractivity contribution in [3.05, 3.63) is 68.8 Å². The summed E-state index contributed by atoms with van der Waals surface area (Å²) in [4.78, 5) is 14.4. The van der Waals surface area contributed by atoms with Gasteiger partial charge in [-0.1, -0.05) is 48.5 Å². The van der Waals surface area contributed by atoms with Crippen LogP contribution in [0.4, 0.5) is 0 Å². The molecule has 0 unspecified atom stereocenters. The topological polar surface area (TPSA) is 87.0 Å². The Kier molecular flexibility index (Phi) is 11.5. The third kappa shape index (κ3) is 6.16. The first-order valence-corrected chi connectivity index (χ1v) is 18.7. The number of aryl methyl sites for hydroxylation is 6. The molecule has 2 aliphatic heterocycles. The summed E-state index contributed by atoms with van der Waals surface area (Å²) in [5.74, 6) is 0. The van der Waals surface area contributed by atoms with Gasteiger partial charge < -0.3 is 9.55 Å². The Bertz CT molecular complexity index is 1710. The van der Waals surface area contributed by atoms with Crippen LogP contribution in [0.3, 0.4) is 0 Å².